The van der Waals surface area contributed by atoms with Crippen molar-refractivity contribution < 1.29 is 0 Å². The summed E-state index contributed by atoms with van der Waals surface area (Å²) >= 11 is 7.70. The molecule has 5 rings (SSSR count). The standard InChI is InChI=1S/C20H13ClN6OS/c21-18-14-11-22-25-15(14)7-8-16(18)23-20-24-19(26-29-20)12-4-3-5-13(10-12)27-9-2-1-6-17(27)28/h1-11H,(H,22,25)(H,23,24,26). The molecule has 7 nitrogen and oxygen atoms in total. The quantitative estimate of drug-likeness (QED) is 0.442. The Hall–Kier alpha value is -3.49. The molecule has 0 fully saturated rings. The van der Waals surface area contributed by atoms with Gasteiger partial charge in [0.05, 0.1) is 22.4 Å². The zero-order chi connectivity index (χ0) is 19.8. The van der Waals surface area contributed by atoms with Gasteiger partial charge in [0, 0.05) is 40.4 Å². The molecule has 3 heterocycles. The summed E-state index contributed by atoms with van der Waals surface area (Å²) in [6.45, 7) is 0. The van der Waals surface area contributed by atoms with E-state index in [-0.39, 0.29) is 5.56 Å². The van der Waals surface area contributed by atoms with Gasteiger partial charge in [0.25, 0.3) is 5.56 Å². The Kier molecular flexibility index (Phi) is 4.34. The number of aromatic nitrogens is 5. The number of pyridine rings is 1. The van der Waals surface area contributed by atoms with E-state index in [0.29, 0.717) is 16.0 Å². The molecule has 0 saturated heterocycles. The third-order valence-electron chi connectivity index (χ3n) is 4.43. The number of H-pyrrole nitrogens is 1. The van der Waals surface area contributed by atoms with Crippen molar-refractivity contribution in [1.29, 1.82) is 0 Å². The molecular formula is C20H13ClN6OS. The number of aromatic amines is 1. The van der Waals surface area contributed by atoms with Gasteiger partial charge in [-0.05, 0) is 30.3 Å². The number of nitrogens with one attached hydrogen (secondary N) is 2. The van der Waals surface area contributed by atoms with Crippen molar-refractivity contribution in [2.45, 2.75) is 0 Å². The number of fused-ring (bicyclic) bond motifs is 1. The van der Waals surface area contributed by atoms with Gasteiger partial charge >= 0.3 is 0 Å². The number of hydrogen-bond donors (Lipinski definition) is 2. The highest BCUT2D eigenvalue weighted by Gasteiger charge is 2.12. The Morgan fingerprint density at radius 1 is 1.10 bits per heavy atom. The molecule has 142 valence electrons. The summed E-state index contributed by atoms with van der Waals surface area (Å²) < 4.78 is 6.02. The van der Waals surface area contributed by atoms with Crippen molar-refractivity contribution in [2.24, 2.45) is 0 Å². The largest absolute Gasteiger partial charge is 0.329 e. The van der Waals surface area contributed by atoms with Crippen LogP contribution in [0.25, 0.3) is 28.0 Å². The predicted octanol–water partition coefficient (Wildman–Crippen LogP) is 4.63. The highest BCUT2D eigenvalue weighted by Crippen LogP contribution is 2.33. The average molecular weight is 421 g/mol. The summed E-state index contributed by atoms with van der Waals surface area (Å²) in [5.41, 5.74) is 3.08. The molecule has 0 atom stereocenters. The van der Waals surface area contributed by atoms with Crippen LogP contribution in [-0.4, -0.2) is 24.1 Å². The highest BCUT2D eigenvalue weighted by atomic mass is 35.5. The fourth-order valence-electron chi connectivity index (χ4n) is 3.02. The Morgan fingerprint density at radius 2 is 2.03 bits per heavy atom. The van der Waals surface area contributed by atoms with E-state index in [0.717, 1.165) is 27.8 Å². The molecule has 0 radical (unpaired) electrons. The molecule has 3 aromatic heterocycles. The van der Waals surface area contributed by atoms with Gasteiger partial charge in [-0.1, -0.05) is 29.8 Å². The predicted molar refractivity (Wildman–Crippen MR) is 115 cm³/mol. The summed E-state index contributed by atoms with van der Waals surface area (Å²) in [4.78, 5) is 16.7. The molecule has 5 aromatic rings. The van der Waals surface area contributed by atoms with E-state index in [1.54, 1.807) is 23.0 Å². The highest BCUT2D eigenvalue weighted by molar-refractivity contribution is 7.10. The second kappa shape index (κ2) is 7.16. The molecule has 0 bridgehead atoms. The molecule has 29 heavy (non-hydrogen) atoms. The van der Waals surface area contributed by atoms with Crippen LogP contribution in [0.2, 0.25) is 5.02 Å². The SMILES string of the molecule is O=c1ccccn1-c1cccc(-c2nsc(Nc3ccc4[nH]ncc4c3Cl)n2)c1. The van der Waals surface area contributed by atoms with E-state index < -0.39 is 0 Å². The number of rotatable bonds is 4. The van der Waals surface area contributed by atoms with Crippen molar-refractivity contribution in [3.8, 4) is 17.1 Å². The molecule has 0 amide bonds. The second-order valence-electron chi connectivity index (χ2n) is 6.27. The van der Waals surface area contributed by atoms with E-state index in [1.807, 2.05) is 42.5 Å². The summed E-state index contributed by atoms with van der Waals surface area (Å²) in [6, 6.07) is 16.4. The fraction of sp³-hybridized carbons (Fsp3) is 0. The lowest BCUT2D eigenvalue weighted by Crippen LogP contribution is -2.15. The molecule has 0 aliphatic rings. The third-order valence-corrected chi connectivity index (χ3v) is 5.47. The van der Waals surface area contributed by atoms with Crippen molar-refractivity contribution >= 4 is 44.9 Å². The van der Waals surface area contributed by atoms with Crippen molar-refractivity contribution in [3.63, 3.8) is 0 Å². The molecule has 0 saturated carbocycles. The van der Waals surface area contributed by atoms with Crippen molar-refractivity contribution in [2.75, 3.05) is 5.32 Å². The van der Waals surface area contributed by atoms with Crippen LogP contribution in [0.4, 0.5) is 10.8 Å². The molecule has 0 unspecified atom stereocenters. The number of hydrogen-bond acceptors (Lipinski definition) is 6. The molecule has 9 heteroatoms. The fourth-order valence-corrected chi connectivity index (χ4v) is 3.88. The Labute approximate surface area is 173 Å². The maximum absolute atomic E-state index is 12.1. The summed E-state index contributed by atoms with van der Waals surface area (Å²) in [6.07, 6.45) is 3.42. The number of nitrogens with zero attached hydrogens (tertiary/aromatic N) is 4. The van der Waals surface area contributed by atoms with Crippen LogP contribution in [0.1, 0.15) is 0 Å². The van der Waals surface area contributed by atoms with E-state index in [2.05, 4.69) is 24.9 Å². The Bertz CT molecular complexity index is 1390. The molecule has 0 spiro atoms. The van der Waals surface area contributed by atoms with Crippen molar-refractivity contribution in [3.05, 3.63) is 82.4 Å². The topological polar surface area (TPSA) is 88.5 Å². The van der Waals surface area contributed by atoms with E-state index in [4.69, 9.17) is 11.6 Å². The Morgan fingerprint density at radius 3 is 2.93 bits per heavy atom. The van der Waals surface area contributed by atoms with E-state index in [1.165, 1.54) is 17.6 Å². The first-order valence-electron chi connectivity index (χ1n) is 8.70. The van der Waals surface area contributed by atoms with Gasteiger partial charge in [-0.3, -0.25) is 14.5 Å². The van der Waals surface area contributed by atoms with E-state index in [9.17, 15) is 4.79 Å². The minimum absolute atomic E-state index is 0.0949. The molecule has 2 aromatic carbocycles. The summed E-state index contributed by atoms with van der Waals surface area (Å²) in [5, 5.41) is 12.1. The van der Waals surface area contributed by atoms with Crippen LogP contribution in [0.3, 0.4) is 0 Å². The first-order valence-corrected chi connectivity index (χ1v) is 9.85. The molecule has 0 aliphatic heterocycles. The smallest absolute Gasteiger partial charge is 0.255 e. The first-order chi connectivity index (χ1) is 14.2. The van der Waals surface area contributed by atoms with Crippen LogP contribution < -0.4 is 10.9 Å². The monoisotopic (exact) mass is 420 g/mol. The lowest BCUT2D eigenvalue weighted by Gasteiger charge is -2.06. The minimum Gasteiger partial charge on any atom is -0.329 e. The van der Waals surface area contributed by atoms with Crippen LogP contribution in [0.5, 0.6) is 0 Å². The maximum atomic E-state index is 12.1. The van der Waals surface area contributed by atoms with Gasteiger partial charge in [0.1, 0.15) is 0 Å². The number of benzene rings is 2. The number of halogens is 1. The first kappa shape index (κ1) is 17.6. The van der Waals surface area contributed by atoms with Gasteiger partial charge in [-0.15, -0.1) is 0 Å². The van der Waals surface area contributed by atoms with Crippen LogP contribution in [0.15, 0.2) is 71.8 Å². The summed E-state index contributed by atoms with van der Waals surface area (Å²) in [7, 11) is 0. The zero-order valence-electron chi connectivity index (χ0n) is 14.8. The normalized spacial score (nSPS) is 11.1. The van der Waals surface area contributed by atoms with Gasteiger partial charge in [0.15, 0.2) is 5.82 Å². The van der Waals surface area contributed by atoms with Crippen LogP contribution in [0, 0.1) is 0 Å². The van der Waals surface area contributed by atoms with Crippen LogP contribution >= 0.6 is 23.1 Å². The number of anilines is 2. The lowest BCUT2D eigenvalue weighted by molar-refractivity contribution is 0.990. The molecule has 0 aliphatic carbocycles. The van der Waals surface area contributed by atoms with Gasteiger partial charge in [0.2, 0.25) is 5.13 Å². The Balaban J connectivity index is 1.46. The average Bonchev–Trinajstić information content (AvgIpc) is 3.41. The zero-order valence-corrected chi connectivity index (χ0v) is 16.4. The molecular weight excluding hydrogens is 408 g/mol. The van der Waals surface area contributed by atoms with Crippen LogP contribution in [-0.2, 0) is 0 Å². The van der Waals surface area contributed by atoms with Crippen molar-refractivity contribution in [1.82, 2.24) is 24.1 Å². The minimum atomic E-state index is -0.0949. The second-order valence-corrected chi connectivity index (χ2v) is 7.40. The van der Waals surface area contributed by atoms with E-state index >= 15 is 0 Å². The van der Waals surface area contributed by atoms with Gasteiger partial charge in [-0.25, -0.2) is 0 Å². The maximum Gasteiger partial charge on any atom is 0.255 e. The molecule has 2 N–H and O–H groups in total. The summed E-state index contributed by atoms with van der Waals surface area (Å²) in [5.74, 6) is 0.573. The third kappa shape index (κ3) is 3.28. The van der Waals surface area contributed by atoms with Gasteiger partial charge in [-0.2, -0.15) is 14.5 Å². The lowest BCUT2D eigenvalue weighted by atomic mass is 10.2. The van der Waals surface area contributed by atoms with Gasteiger partial charge < -0.3 is 5.32 Å².